The molecular weight excluding hydrogens is 378 g/mol. The number of halogens is 3. The lowest BCUT2D eigenvalue weighted by molar-refractivity contribution is -0.130. The molecule has 5 nitrogen and oxygen atoms in total. The number of ether oxygens (including phenoxy) is 2. The molecule has 0 aliphatic heterocycles. The van der Waals surface area contributed by atoms with Crippen LogP contribution in [0.3, 0.4) is 0 Å². The molecule has 0 saturated carbocycles. The highest BCUT2D eigenvalue weighted by molar-refractivity contribution is 5.85. The monoisotopic (exact) mass is 400 g/mol. The van der Waals surface area contributed by atoms with Crippen LogP contribution in [0.4, 0.5) is 8.78 Å². The Hall–Kier alpha value is -2.38. The molecule has 1 amide bonds. The second kappa shape index (κ2) is 10.7. The molecule has 1 unspecified atom stereocenters. The number of benzene rings is 2. The third-order valence-corrected chi connectivity index (χ3v) is 3.91. The van der Waals surface area contributed by atoms with Crippen LogP contribution in [0, 0.1) is 0 Å². The van der Waals surface area contributed by atoms with Gasteiger partial charge in [0, 0.05) is 26.1 Å². The van der Waals surface area contributed by atoms with Crippen molar-refractivity contribution in [2.24, 2.45) is 5.73 Å². The van der Waals surface area contributed by atoms with Crippen molar-refractivity contribution in [1.82, 2.24) is 4.90 Å². The fourth-order valence-corrected chi connectivity index (χ4v) is 2.53. The third kappa shape index (κ3) is 6.69. The summed E-state index contributed by atoms with van der Waals surface area (Å²) in [4.78, 5) is 13.9. The van der Waals surface area contributed by atoms with Crippen LogP contribution in [-0.4, -0.2) is 31.6 Å². The number of amides is 1. The van der Waals surface area contributed by atoms with E-state index in [1.807, 2.05) is 30.3 Å². The van der Waals surface area contributed by atoms with E-state index in [2.05, 4.69) is 4.74 Å². The zero-order valence-electron chi connectivity index (χ0n) is 15.1. The maximum atomic E-state index is 12.5. The molecular formula is C19H23ClF2N2O3. The Morgan fingerprint density at radius 3 is 2.41 bits per heavy atom. The van der Waals surface area contributed by atoms with Gasteiger partial charge >= 0.3 is 6.61 Å². The first-order chi connectivity index (χ1) is 12.4. The maximum Gasteiger partial charge on any atom is 0.387 e. The predicted molar refractivity (Wildman–Crippen MR) is 101 cm³/mol. The van der Waals surface area contributed by atoms with Crippen molar-refractivity contribution < 1.29 is 23.0 Å². The van der Waals surface area contributed by atoms with Crippen molar-refractivity contribution >= 4 is 18.3 Å². The number of nitrogens with zero attached hydrogens (tertiary/aromatic N) is 1. The minimum atomic E-state index is -2.96. The molecule has 0 aliphatic carbocycles. The molecule has 1 atom stereocenters. The maximum absolute atomic E-state index is 12.5. The largest absolute Gasteiger partial charge is 0.493 e. The zero-order chi connectivity index (χ0) is 19.1. The van der Waals surface area contributed by atoms with Crippen molar-refractivity contribution in [1.29, 1.82) is 0 Å². The lowest BCUT2D eigenvalue weighted by atomic mass is 10.0. The van der Waals surface area contributed by atoms with E-state index in [1.165, 1.54) is 24.1 Å². The second-order valence-electron chi connectivity index (χ2n) is 5.83. The van der Waals surface area contributed by atoms with Gasteiger partial charge in [-0.15, -0.1) is 12.4 Å². The van der Waals surface area contributed by atoms with Gasteiger partial charge in [-0.2, -0.15) is 8.78 Å². The van der Waals surface area contributed by atoms with Gasteiger partial charge in [-0.25, -0.2) is 0 Å². The van der Waals surface area contributed by atoms with Gasteiger partial charge in [-0.3, -0.25) is 4.79 Å². The summed E-state index contributed by atoms with van der Waals surface area (Å²) in [6.07, 6.45) is 0.150. The van der Waals surface area contributed by atoms with Crippen molar-refractivity contribution in [3.05, 3.63) is 59.7 Å². The molecule has 2 rings (SSSR count). The van der Waals surface area contributed by atoms with Gasteiger partial charge in [-0.05, 0) is 23.3 Å². The van der Waals surface area contributed by atoms with Crippen LogP contribution >= 0.6 is 12.4 Å². The molecule has 8 heteroatoms. The first-order valence-corrected chi connectivity index (χ1v) is 8.07. The first kappa shape index (κ1) is 22.7. The smallest absolute Gasteiger partial charge is 0.387 e. The number of methoxy groups -OCH3 is 1. The molecule has 2 N–H and O–H groups in total. The zero-order valence-corrected chi connectivity index (χ0v) is 15.9. The Kier molecular flexibility index (Phi) is 8.97. The molecule has 0 heterocycles. The Labute approximate surface area is 163 Å². The van der Waals surface area contributed by atoms with E-state index in [0.29, 0.717) is 5.56 Å². The van der Waals surface area contributed by atoms with E-state index in [-0.39, 0.29) is 42.8 Å². The quantitative estimate of drug-likeness (QED) is 0.732. The van der Waals surface area contributed by atoms with E-state index < -0.39 is 12.7 Å². The normalized spacial score (nSPS) is 11.5. The van der Waals surface area contributed by atoms with Crippen molar-refractivity contribution in [2.45, 2.75) is 25.6 Å². The predicted octanol–water partition coefficient (Wildman–Crippen LogP) is 3.77. The molecule has 0 aliphatic rings. The Balaban J connectivity index is 0.00000364. The molecule has 0 aromatic heterocycles. The number of carbonyl (C=O) groups is 1. The van der Waals surface area contributed by atoms with Crippen LogP contribution < -0.4 is 15.2 Å². The van der Waals surface area contributed by atoms with Gasteiger partial charge in [0.05, 0.1) is 7.11 Å². The van der Waals surface area contributed by atoms with E-state index in [4.69, 9.17) is 10.5 Å². The Morgan fingerprint density at radius 1 is 1.15 bits per heavy atom. The van der Waals surface area contributed by atoms with Gasteiger partial charge in [0.15, 0.2) is 11.5 Å². The highest BCUT2D eigenvalue weighted by Gasteiger charge is 2.17. The summed E-state index contributed by atoms with van der Waals surface area (Å²) in [7, 11) is 3.01. The van der Waals surface area contributed by atoms with Crippen LogP contribution in [0.5, 0.6) is 11.5 Å². The number of hydrogen-bond acceptors (Lipinski definition) is 4. The molecule has 148 valence electrons. The number of alkyl halides is 2. The Bertz CT molecular complexity index is 732. The molecule has 0 spiro atoms. The van der Waals surface area contributed by atoms with Crippen LogP contribution in [0.2, 0.25) is 0 Å². The van der Waals surface area contributed by atoms with E-state index in [9.17, 15) is 13.6 Å². The summed E-state index contributed by atoms with van der Waals surface area (Å²) in [5.41, 5.74) is 7.60. The number of carbonyl (C=O) groups excluding carboxylic acids is 1. The summed E-state index contributed by atoms with van der Waals surface area (Å²) < 4.78 is 34.5. The summed E-state index contributed by atoms with van der Waals surface area (Å²) in [6, 6.07) is 13.6. The molecule has 2 aromatic rings. The average Bonchev–Trinajstić information content (AvgIpc) is 2.62. The SMILES string of the molecule is COc1ccc(CN(C)C(=O)CC(N)c2ccccc2)cc1OC(F)F.Cl. The van der Waals surface area contributed by atoms with Gasteiger partial charge in [-0.1, -0.05) is 36.4 Å². The van der Waals surface area contributed by atoms with Crippen molar-refractivity contribution in [2.75, 3.05) is 14.2 Å². The number of rotatable bonds is 8. The van der Waals surface area contributed by atoms with Gasteiger partial charge in [0.25, 0.3) is 0 Å². The summed E-state index contributed by atoms with van der Waals surface area (Å²) in [5.74, 6) is -0.00976. The van der Waals surface area contributed by atoms with E-state index >= 15 is 0 Å². The highest BCUT2D eigenvalue weighted by Crippen LogP contribution is 2.30. The molecule has 27 heavy (non-hydrogen) atoms. The summed E-state index contributed by atoms with van der Waals surface area (Å²) in [6.45, 7) is -2.72. The van der Waals surface area contributed by atoms with E-state index in [1.54, 1.807) is 13.1 Å². The lowest BCUT2D eigenvalue weighted by Crippen LogP contribution is -2.29. The van der Waals surface area contributed by atoms with Crippen LogP contribution in [0.15, 0.2) is 48.5 Å². The molecule has 0 radical (unpaired) electrons. The van der Waals surface area contributed by atoms with Gasteiger partial charge in [0.1, 0.15) is 0 Å². The minimum absolute atomic E-state index is 0. The third-order valence-electron chi connectivity index (χ3n) is 3.91. The van der Waals surface area contributed by atoms with Gasteiger partial charge < -0.3 is 20.1 Å². The van der Waals surface area contributed by atoms with Crippen LogP contribution in [0.25, 0.3) is 0 Å². The fraction of sp³-hybridized carbons (Fsp3) is 0.316. The number of hydrogen-bond donors (Lipinski definition) is 1. The standard InChI is InChI=1S/C19H22F2N2O3.ClH/c1-23(18(24)11-15(22)14-6-4-3-5-7-14)12-13-8-9-16(25-2)17(10-13)26-19(20)21;/h3-10,15,19H,11-12,22H2,1-2H3;1H. The van der Waals surface area contributed by atoms with Crippen molar-refractivity contribution in [3.8, 4) is 11.5 Å². The fourth-order valence-electron chi connectivity index (χ4n) is 2.53. The second-order valence-corrected chi connectivity index (χ2v) is 5.83. The highest BCUT2D eigenvalue weighted by atomic mass is 35.5. The van der Waals surface area contributed by atoms with Crippen LogP contribution in [-0.2, 0) is 11.3 Å². The molecule has 0 fully saturated rings. The van der Waals surface area contributed by atoms with E-state index in [0.717, 1.165) is 5.56 Å². The average molecular weight is 401 g/mol. The van der Waals surface area contributed by atoms with Gasteiger partial charge in [0.2, 0.25) is 5.91 Å². The topological polar surface area (TPSA) is 64.8 Å². The molecule has 0 saturated heterocycles. The Morgan fingerprint density at radius 2 is 1.81 bits per heavy atom. The van der Waals surface area contributed by atoms with Crippen LogP contribution in [0.1, 0.15) is 23.6 Å². The first-order valence-electron chi connectivity index (χ1n) is 8.07. The lowest BCUT2D eigenvalue weighted by Gasteiger charge is -2.20. The van der Waals surface area contributed by atoms with Crippen molar-refractivity contribution in [3.63, 3.8) is 0 Å². The summed E-state index contributed by atoms with van der Waals surface area (Å²) in [5, 5.41) is 0. The summed E-state index contributed by atoms with van der Waals surface area (Å²) >= 11 is 0. The number of nitrogens with two attached hydrogens (primary N) is 1. The molecule has 2 aromatic carbocycles. The molecule has 0 bridgehead atoms. The minimum Gasteiger partial charge on any atom is -0.493 e.